The fourth-order valence-electron chi connectivity index (χ4n) is 1.87. The summed E-state index contributed by atoms with van der Waals surface area (Å²) in [4.78, 5) is 13.5. The molecule has 1 rings (SSSR count). The largest absolute Gasteiger partial charge is 0.494 e. The average Bonchev–Trinajstić information content (AvgIpc) is 2.42. The highest BCUT2D eigenvalue weighted by Gasteiger charge is 2.10. The van der Waals surface area contributed by atoms with Gasteiger partial charge in [-0.15, -0.1) is 6.58 Å². The van der Waals surface area contributed by atoms with E-state index in [4.69, 9.17) is 9.47 Å². The van der Waals surface area contributed by atoms with Crippen molar-refractivity contribution in [1.82, 2.24) is 4.90 Å². The van der Waals surface area contributed by atoms with Crippen LogP contribution in [0.2, 0.25) is 0 Å². The maximum Gasteiger partial charge on any atom is 0.320 e. The minimum Gasteiger partial charge on any atom is -0.494 e. The Morgan fingerprint density at radius 2 is 1.95 bits per heavy atom. The normalized spacial score (nSPS) is 10.3. The van der Waals surface area contributed by atoms with Gasteiger partial charge in [-0.2, -0.15) is 0 Å². The molecule has 0 aromatic heterocycles. The summed E-state index contributed by atoms with van der Waals surface area (Å²) in [6.07, 6.45) is 1.79. The van der Waals surface area contributed by atoms with Crippen LogP contribution in [0.3, 0.4) is 0 Å². The maximum absolute atomic E-state index is 11.5. The second-order valence-corrected chi connectivity index (χ2v) is 4.34. The molecule has 0 N–H and O–H groups in total. The third kappa shape index (κ3) is 5.89. The van der Waals surface area contributed by atoms with Gasteiger partial charge >= 0.3 is 5.97 Å². The summed E-state index contributed by atoms with van der Waals surface area (Å²) in [5.41, 5.74) is 1.12. The van der Waals surface area contributed by atoms with Crippen LogP contribution in [-0.4, -0.2) is 37.2 Å². The van der Waals surface area contributed by atoms with Gasteiger partial charge in [-0.3, -0.25) is 9.69 Å². The van der Waals surface area contributed by atoms with Gasteiger partial charge in [-0.25, -0.2) is 0 Å². The van der Waals surface area contributed by atoms with Crippen molar-refractivity contribution >= 4 is 5.97 Å². The first-order valence-corrected chi connectivity index (χ1v) is 6.90. The Morgan fingerprint density at radius 1 is 1.25 bits per heavy atom. The first-order chi connectivity index (χ1) is 9.69. The molecule has 1 aromatic rings. The van der Waals surface area contributed by atoms with Crippen molar-refractivity contribution < 1.29 is 14.3 Å². The first-order valence-electron chi connectivity index (χ1n) is 6.90. The van der Waals surface area contributed by atoms with Crippen LogP contribution in [0.1, 0.15) is 19.4 Å². The van der Waals surface area contributed by atoms with Crippen molar-refractivity contribution in [1.29, 1.82) is 0 Å². The number of ether oxygens (including phenoxy) is 2. The van der Waals surface area contributed by atoms with E-state index < -0.39 is 0 Å². The lowest BCUT2D eigenvalue weighted by atomic mass is 10.2. The highest BCUT2D eigenvalue weighted by Crippen LogP contribution is 2.13. The predicted octanol–water partition coefficient (Wildman–Crippen LogP) is 2.64. The number of carbonyl (C=O) groups is 1. The summed E-state index contributed by atoms with van der Waals surface area (Å²) < 4.78 is 10.4. The van der Waals surface area contributed by atoms with E-state index in [2.05, 4.69) is 6.58 Å². The van der Waals surface area contributed by atoms with Crippen molar-refractivity contribution in [3.63, 3.8) is 0 Å². The summed E-state index contributed by atoms with van der Waals surface area (Å²) >= 11 is 0. The smallest absolute Gasteiger partial charge is 0.320 e. The molecular weight excluding hydrogens is 254 g/mol. The number of nitrogens with zero attached hydrogens (tertiary/aromatic N) is 1. The summed E-state index contributed by atoms with van der Waals surface area (Å²) in [7, 11) is 0. The number of benzene rings is 1. The maximum atomic E-state index is 11.5. The monoisotopic (exact) mass is 277 g/mol. The molecule has 0 aliphatic rings. The lowest BCUT2D eigenvalue weighted by Crippen LogP contribution is -2.30. The van der Waals surface area contributed by atoms with Gasteiger partial charge in [0, 0.05) is 13.1 Å². The van der Waals surface area contributed by atoms with Crippen molar-refractivity contribution in [2.45, 2.75) is 20.4 Å². The molecule has 0 spiro atoms. The van der Waals surface area contributed by atoms with Crippen molar-refractivity contribution in [2.24, 2.45) is 0 Å². The first kappa shape index (κ1) is 16.2. The predicted molar refractivity (Wildman–Crippen MR) is 79.7 cm³/mol. The zero-order valence-electron chi connectivity index (χ0n) is 12.3. The summed E-state index contributed by atoms with van der Waals surface area (Å²) in [6.45, 7) is 10.1. The van der Waals surface area contributed by atoms with Crippen LogP contribution >= 0.6 is 0 Å². The zero-order chi connectivity index (χ0) is 14.8. The molecule has 0 heterocycles. The number of hydrogen-bond acceptors (Lipinski definition) is 4. The summed E-state index contributed by atoms with van der Waals surface area (Å²) in [5, 5.41) is 0. The number of esters is 1. The molecule has 0 radical (unpaired) electrons. The molecule has 1 aromatic carbocycles. The second kappa shape index (κ2) is 9.15. The summed E-state index contributed by atoms with van der Waals surface area (Å²) in [5.74, 6) is 0.650. The Morgan fingerprint density at radius 3 is 2.50 bits per heavy atom. The number of rotatable bonds is 9. The van der Waals surface area contributed by atoms with Gasteiger partial charge < -0.3 is 9.47 Å². The highest BCUT2D eigenvalue weighted by atomic mass is 16.5. The van der Waals surface area contributed by atoms with Crippen molar-refractivity contribution in [2.75, 3.05) is 26.3 Å². The standard InChI is InChI=1S/C16H23NO3/c1-4-11-17(13-16(18)20-6-3)12-14-7-9-15(10-8-14)19-5-2/h4,7-10H,1,5-6,11-13H2,2-3H3. The molecule has 0 saturated carbocycles. The molecule has 0 unspecified atom stereocenters. The van der Waals surface area contributed by atoms with Gasteiger partial charge in [0.1, 0.15) is 5.75 Å². The Kier molecular flexibility index (Phi) is 7.43. The van der Waals surface area contributed by atoms with Gasteiger partial charge in [0.2, 0.25) is 0 Å². The van der Waals surface area contributed by atoms with E-state index in [1.165, 1.54) is 0 Å². The van der Waals surface area contributed by atoms with Gasteiger partial charge in [-0.05, 0) is 31.5 Å². The van der Waals surface area contributed by atoms with Crippen LogP contribution in [0.25, 0.3) is 0 Å². The van der Waals surface area contributed by atoms with Crippen LogP contribution in [0.15, 0.2) is 36.9 Å². The molecule has 0 fully saturated rings. The fourth-order valence-corrected chi connectivity index (χ4v) is 1.87. The Bertz CT molecular complexity index is 414. The molecule has 20 heavy (non-hydrogen) atoms. The molecule has 4 heteroatoms. The third-order valence-electron chi connectivity index (χ3n) is 2.69. The van der Waals surface area contributed by atoms with Gasteiger partial charge in [0.25, 0.3) is 0 Å². The minimum absolute atomic E-state index is 0.208. The van der Waals surface area contributed by atoms with Crippen LogP contribution in [0.4, 0.5) is 0 Å². The van der Waals surface area contributed by atoms with E-state index in [0.717, 1.165) is 11.3 Å². The Balaban J connectivity index is 2.59. The molecule has 0 saturated heterocycles. The lowest BCUT2D eigenvalue weighted by molar-refractivity contribution is -0.144. The highest BCUT2D eigenvalue weighted by molar-refractivity contribution is 5.71. The molecule has 4 nitrogen and oxygen atoms in total. The van der Waals surface area contributed by atoms with E-state index in [9.17, 15) is 4.79 Å². The Labute approximate surface area is 121 Å². The van der Waals surface area contributed by atoms with E-state index in [0.29, 0.717) is 26.3 Å². The molecule has 0 amide bonds. The van der Waals surface area contributed by atoms with Crippen LogP contribution < -0.4 is 4.74 Å². The molecule has 0 aliphatic carbocycles. The van der Waals surface area contributed by atoms with Gasteiger partial charge in [-0.1, -0.05) is 18.2 Å². The van der Waals surface area contributed by atoms with Crippen LogP contribution in [0, 0.1) is 0 Å². The summed E-state index contributed by atoms with van der Waals surface area (Å²) in [6, 6.07) is 7.89. The quantitative estimate of drug-likeness (QED) is 0.514. The number of carbonyl (C=O) groups excluding carboxylic acids is 1. The average molecular weight is 277 g/mol. The van der Waals surface area contributed by atoms with E-state index >= 15 is 0 Å². The molecule has 110 valence electrons. The van der Waals surface area contributed by atoms with Crippen molar-refractivity contribution in [3.8, 4) is 5.75 Å². The topological polar surface area (TPSA) is 38.8 Å². The zero-order valence-corrected chi connectivity index (χ0v) is 12.3. The molecule has 0 aliphatic heterocycles. The van der Waals surface area contributed by atoms with Crippen molar-refractivity contribution in [3.05, 3.63) is 42.5 Å². The molecule has 0 bridgehead atoms. The fraction of sp³-hybridized carbons (Fsp3) is 0.438. The number of hydrogen-bond donors (Lipinski definition) is 0. The molecule has 0 atom stereocenters. The second-order valence-electron chi connectivity index (χ2n) is 4.34. The van der Waals surface area contributed by atoms with Crippen LogP contribution in [0.5, 0.6) is 5.75 Å². The minimum atomic E-state index is -0.208. The molecular formula is C16H23NO3. The van der Waals surface area contributed by atoms with E-state index in [-0.39, 0.29) is 12.5 Å². The third-order valence-corrected chi connectivity index (χ3v) is 2.69. The van der Waals surface area contributed by atoms with Gasteiger partial charge in [0.05, 0.1) is 19.8 Å². The van der Waals surface area contributed by atoms with Crippen LogP contribution in [-0.2, 0) is 16.1 Å². The Hall–Kier alpha value is -1.81. The SMILES string of the molecule is C=CCN(CC(=O)OCC)Cc1ccc(OCC)cc1. The lowest BCUT2D eigenvalue weighted by Gasteiger charge is -2.19. The van der Waals surface area contributed by atoms with E-state index in [1.807, 2.05) is 43.0 Å². The van der Waals surface area contributed by atoms with E-state index in [1.54, 1.807) is 6.08 Å². The van der Waals surface area contributed by atoms with Gasteiger partial charge in [0.15, 0.2) is 0 Å².